The fourth-order valence-electron chi connectivity index (χ4n) is 3.91. The van der Waals surface area contributed by atoms with Crippen LogP contribution in [-0.2, 0) is 21.0 Å². The van der Waals surface area contributed by atoms with Crippen molar-refractivity contribution in [2.75, 3.05) is 39.0 Å². The number of benzene rings is 2. The molecule has 1 fully saturated rings. The molecule has 14 heteroatoms. The molecule has 1 amide bonds. The van der Waals surface area contributed by atoms with E-state index in [1.165, 1.54) is 29.6 Å². The number of thioether (sulfide) groups is 1. The fraction of sp³-hybridized carbons (Fsp3) is 0.320. The SMILES string of the molecule is CCS(=O)(=O)N1CCN(C2=NC(=O)C(=Cc3ccc(Oc4ccc(C#N)cc4C(F)(F)F)c(OC)c3)S2)CC1. The number of hydrogen-bond acceptors (Lipinski definition) is 8. The molecule has 0 unspecified atom stereocenters. The highest BCUT2D eigenvalue weighted by Crippen LogP contribution is 2.41. The number of piperazine rings is 1. The summed E-state index contributed by atoms with van der Waals surface area (Å²) >= 11 is 1.16. The second-order valence-corrected chi connectivity index (χ2v) is 11.7. The third kappa shape index (κ3) is 6.38. The molecule has 0 atom stereocenters. The van der Waals surface area contributed by atoms with Crippen LogP contribution in [0.1, 0.15) is 23.6 Å². The van der Waals surface area contributed by atoms with Gasteiger partial charge in [0.25, 0.3) is 5.91 Å². The minimum absolute atomic E-state index is 0.0112. The Morgan fingerprint density at radius 1 is 1.10 bits per heavy atom. The molecule has 2 aliphatic heterocycles. The third-order valence-electron chi connectivity index (χ3n) is 6.00. The van der Waals surface area contributed by atoms with Gasteiger partial charge in [0, 0.05) is 26.2 Å². The molecule has 9 nitrogen and oxygen atoms in total. The van der Waals surface area contributed by atoms with Gasteiger partial charge in [-0.2, -0.15) is 27.7 Å². The number of halogens is 3. The average Bonchev–Trinajstić information content (AvgIpc) is 3.28. The molecule has 2 aliphatic rings. The third-order valence-corrected chi connectivity index (χ3v) is 8.92. The van der Waals surface area contributed by atoms with Gasteiger partial charge in [-0.05, 0) is 60.7 Å². The van der Waals surface area contributed by atoms with E-state index in [4.69, 9.17) is 14.7 Å². The maximum absolute atomic E-state index is 13.5. The van der Waals surface area contributed by atoms with E-state index < -0.39 is 33.4 Å². The summed E-state index contributed by atoms with van der Waals surface area (Å²) in [6, 6.07) is 9.17. The Balaban J connectivity index is 1.49. The zero-order chi connectivity index (χ0) is 28.4. The Labute approximate surface area is 227 Å². The number of alkyl halides is 3. The number of rotatable bonds is 6. The summed E-state index contributed by atoms with van der Waals surface area (Å²) in [6.45, 7) is 3.00. The lowest BCUT2D eigenvalue weighted by atomic mass is 10.1. The molecule has 2 heterocycles. The van der Waals surface area contributed by atoms with E-state index >= 15 is 0 Å². The Morgan fingerprint density at radius 2 is 1.79 bits per heavy atom. The Hall–Kier alpha value is -3.54. The number of ether oxygens (including phenoxy) is 2. The van der Waals surface area contributed by atoms with Gasteiger partial charge in [-0.3, -0.25) is 4.79 Å². The molecule has 0 bridgehead atoms. The first-order valence-corrected chi connectivity index (χ1v) is 14.1. The zero-order valence-corrected chi connectivity index (χ0v) is 22.5. The van der Waals surface area contributed by atoms with Crippen molar-refractivity contribution in [3.8, 4) is 23.3 Å². The molecule has 39 heavy (non-hydrogen) atoms. The van der Waals surface area contributed by atoms with Crippen LogP contribution < -0.4 is 9.47 Å². The molecule has 206 valence electrons. The van der Waals surface area contributed by atoms with Crippen LogP contribution in [0.25, 0.3) is 6.08 Å². The quantitative estimate of drug-likeness (QED) is 0.465. The highest BCUT2D eigenvalue weighted by molar-refractivity contribution is 8.18. The number of carbonyl (C=O) groups excluding carboxylic acids is 1. The number of aliphatic imine (C=N–C) groups is 1. The maximum atomic E-state index is 13.5. The second kappa shape index (κ2) is 11.3. The van der Waals surface area contributed by atoms with Crippen LogP contribution in [0.2, 0.25) is 0 Å². The number of carbonyl (C=O) groups is 1. The van der Waals surface area contributed by atoms with Gasteiger partial charge in [0.15, 0.2) is 16.7 Å². The molecule has 0 N–H and O–H groups in total. The molecule has 2 aromatic rings. The molecule has 0 saturated carbocycles. The average molecular weight is 581 g/mol. The molecular formula is C25H23F3N4O5S2. The Bertz CT molecular complexity index is 1490. The monoisotopic (exact) mass is 580 g/mol. The molecule has 4 rings (SSSR count). The highest BCUT2D eigenvalue weighted by atomic mass is 32.2. The summed E-state index contributed by atoms with van der Waals surface area (Å²) in [5.74, 6) is -0.774. The maximum Gasteiger partial charge on any atom is 0.420 e. The van der Waals surface area contributed by atoms with Crippen LogP contribution in [0.15, 0.2) is 46.3 Å². The summed E-state index contributed by atoms with van der Waals surface area (Å²) in [7, 11) is -1.95. The summed E-state index contributed by atoms with van der Waals surface area (Å²) in [4.78, 5) is 18.8. The van der Waals surface area contributed by atoms with Crippen molar-refractivity contribution in [2.24, 2.45) is 4.99 Å². The van der Waals surface area contributed by atoms with Crippen molar-refractivity contribution in [2.45, 2.75) is 13.1 Å². The van der Waals surface area contributed by atoms with Crippen molar-refractivity contribution in [1.82, 2.24) is 9.21 Å². The number of methoxy groups -OCH3 is 1. The van der Waals surface area contributed by atoms with Crippen molar-refractivity contribution < 1.29 is 35.9 Å². The second-order valence-electron chi connectivity index (χ2n) is 8.43. The van der Waals surface area contributed by atoms with Crippen LogP contribution in [0.5, 0.6) is 17.2 Å². The lowest BCUT2D eigenvalue weighted by Crippen LogP contribution is -2.50. The van der Waals surface area contributed by atoms with Crippen molar-refractivity contribution in [1.29, 1.82) is 5.26 Å². The predicted octanol–water partition coefficient (Wildman–Crippen LogP) is 4.32. The van der Waals surface area contributed by atoms with Crippen LogP contribution >= 0.6 is 11.8 Å². The summed E-state index contributed by atoms with van der Waals surface area (Å²) in [5.41, 5.74) is -0.724. The molecule has 2 aromatic carbocycles. The number of sulfonamides is 1. The number of nitriles is 1. The lowest BCUT2D eigenvalue weighted by molar-refractivity contribution is -0.138. The first-order chi connectivity index (χ1) is 18.4. The minimum atomic E-state index is -4.74. The standard InChI is InChI=1S/C25H23F3N4O5S2/c1-3-39(34,35)32-10-8-31(9-11-32)24-30-23(33)22(38-24)14-16-4-7-20(21(13-16)36-2)37-19-6-5-17(15-29)12-18(19)25(26,27)28/h4-7,12-14H,3,8-11H2,1-2H3. The van der Waals surface area contributed by atoms with Crippen molar-refractivity contribution in [3.63, 3.8) is 0 Å². The van der Waals surface area contributed by atoms with Crippen molar-refractivity contribution >= 4 is 38.9 Å². The molecular weight excluding hydrogens is 557 g/mol. The van der Waals surface area contributed by atoms with Gasteiger partial charge in [0.05, 0.1) is 35.0 Å². The smallest absolute Gasteiger partial charge is 0.420 e. The highest BCUT2D eigenvalue weighted by Gasteiger charge is 2.35. The van der Waals surface area contributed by atoms with Crippen LogP contribution in [0.4, 0.5) is 13.2 Å². The topological polar surface area (TPSA) is 112 Å². The van der Waals surface area contributed by atoms with Gasteiger partial charge < -0.3 is 14.4 Å². The normalized spacial score (nSPS) is 17.7. The van der Waals surface area contributed by atoms with E-state index in [1.54, 1.807) is 25.1 Å². The zero-order valence-electron chi connectivity index (χ0n) is 20.9. The predicted molar refractivity (Wildman–Crippen MR) is 140 cm³/mol. The largest absolute Gasteiger partial charge is 0.493 e. The lowest BCUT2D eigenvalue weighted by Gasteiger charge is -2.34. The van der Waals surface area contributed by atoms with E-state index in [-0.39, 0.29) is 22.8 Å². The number of amides is 1. The van der Waals surface area contributed by atoms with E-state index in [9.17, 15) is 26.4 Å². The summed E-state index contributed by atoms with van der Waals surface area (Å²) < 4.78 is 77.0. The number of nitrogens with zero attached hydrogens (tertiary/aromatic N) is 4. The first kappa shape index (κ1) is 28.5. The molecule has 0 radical (unpaired) electrons. The van der Waals surface area contributed by atoms with Gasteiger partial charge >= 0.3 is 6.18 Å². The first-order valence-electron chi connectivity index (χ1n) is 11.7. The van der Waals surface area contributed by atoms with E-state index in [0.29, 0.717) is 47.9 Å². The Morgan fingerprint density at radius 3 is 2.41 bits per heavy atom. The van der Waals surface area contributed by atoms with E-state index in [2.05, 4.69) is 4.99 Å². The van der Waals surface area contributed by atoms with Crippen LogP contribution in [0, 0.1) is 11.3 Å². The number of hydrogen-bond donors (Lipinski definition) is 0. The van der Waals surface area contributed by atoms with Gasteiger partial charge in [-0.1, -0.05) is 6.07 Å². The molecule has 0 spiro atoms. The summed E-state index contributed by atoms with van der Waals surface area (Å²) in [5, 5.41) is 9.43. The van der Waals surface area contributed by atoms with E-state index in [0.717, 1.165) is 17.8 Å². The Kier molecular flexibility index (Phi) is 8.24. The van der Waals surface area contributed by atoms with Crippen molar-refractivity contribution in [3.05, 3.63) is 58.0 Å². The summed E-state index contributed by atoms with van der Waals surface area (Å²) in [6.07, 6.45) is -3.16. The van der Waals surface area contributed by atoms with E-state index in [1.807, 2.05) is 4.90 Å². The van der Waals surface area contributed by atoms with Gasteiger partial charge in [0.2, 0.25) is 10.0 Å². The molecule has 0 aliphatic carbocycles. The molecule has 0 aromatic heterocycles. The van der Waals surface area contributed by atoms with Crippen LogP contribution in [-0.4, -0.2) is 67.7 Å². The van der Waals surface area contributed by atoms with Gasteiger partial charge in [-0.25, -0.2) is 8.42 Å². The molecule has 1 saturated heterocycles. The fourth-order valence-corrected chi connectivity index (χ4v) is 5.96. The van der Waals surface area contributed by atoms with Crippen LogP contribution in [0.3, 0.4) is 0 Å². The number of amidine groups is 1. The van der Waals surface area contributed by atoms with Gasteiger partial charge in [0.1, 0.15) is 5.75 Å². The minimum Gasteiger partial charge on any atom is -0.493 e. The van der Waals surface area contributed by atoms with Gasteiger partial charge in [-0.15, -0.1) is 0 Å².